The van der Waals surface area contributed by atoms with Gasteiger partial charge >= 0.3 is 29.8 Å². The Morgan fingerprint density at radius 1 is 0.516 bits per heavy atom. The quantitative estimate of drug-likeness (QED) is 0.0392. The Morgan fingerprint density at radius 3 is 1.66 bits per heavy atom. The molecule has 0 bridgehead atoms. The van der Waals surface area contributed by atoms with Crippen LogP contribution in [0.15, 0.2) is 163 Å². The molecule has 16 nitrogen and oxygen atoms in total. The van der Waals surface area contributed by atoms with Gasteiger partial charge in [0.1, 0.15) is 37.6 Å². The van der Waals surface area contributed by atoms with Crippen molar-refractivity contribution >= 4 is 29.8 Å². The van der Waals surface area contributed by atoms with Crippen LogP contribution in [0.5, 0.6) is 0 Å². The van der Waals surface area contributed by atoms with Crippen LogP contribution in [0, 0.1) is 50.2 Å². The molecule has 3 heterocycles. The third-order valence-electron chi connectivity index (χ3n) is 23.8. The first-order valence-corrected chi connectivity index (χ1v) is 34.3. The Kier molecular flexibility index (Phi) is 18.3. The molecule has 7 fully saturated rings. The van der Waals surface area contributed by atoms with Crippen molar-refractivity contribution in [3.63, 3.8) is 0 Å². The monoisotopic (exact) mass is 1300 g/mol. The molecule has 5 aromatic carbocycles. The molecule has 95 heavy (non-hydrogen) atoms. The van der Waals surface area contributed by atoms with Crippen LogP contribution in [-0.4, -0.2) is 110 Å². The highest BCUT2D eigenvalue weighted by Gasteiger charge is 2.70. The lowest BCUT2D eigenvalue weighted by Gasteiger charge is -2.71. The fourth-order valence-corrected chi connectivity index (χ4v) is 18.6. The van der Waals surface area contributed by atoms with Crippen molar-refractivity contribution < 1.29 is 76.1 Å². The van der Waals surface area contributed by atoms with E-state index in [9.17, 15) is 24.0 Å². The van der Waals surface area contributed by atoms with Gasteiger partial charge in [0.05, 0.1) is 40.4 Å². The number of rotatable bonds is 16. The molecule has 0 radical (unpaired) electrons. The second kappa shape index (κ2) is 26.1. The Morgan fingerprint density at radius 2 is 1.06 bits per heavy atom. The number of hydrogen-bond acceptors (Lipinski definition) is 16. The first-order valence-electron chi connectivity index (χ1n) is 34.3. The molecule has 0 unspecified atom stereocenters. The molecule has 4 saturated carbocycles. The first kappa shape index (κ1) is 66.6. The fourth-order valence-electron chi connectivity index (χ4n) is 18.6. The highest BCUT2D eigenvalue weighted by atomic mass is 16.8. The van der Waals surface area contributed by atoms with E-state index in [2.05, 4.69) is 54.5 Å². The van der Waals surface area contributed by atoms with Crippen LogP contribution < -0.4 is 0 Å². The SMILES string of the molecule is CC1(C)CC[C@]2(C(=O)OCc3ccccc3)CC[C@]3(C)C(=CC[C@@H]4[C@@]5(C)CC[C@H](O[C@@H]6OC[C@@H]7OC(C)(C)O[C@@H]7[C@H]6O[C@@H]6O[C@H](COC(=O)c7ccccc7)[C@@H](OC(=O)c7ccccc7)[C@H](OC(=O)c7ccccc7)[C@H]6OC(=O)c6ccccc6)C(C)(C)[C@@H]5CC[C@]43C)[C@@H]2C1. The van der Waals surface area contributed by atoms with Crippen LogP contribution in [0.1, 0.15) is 174 Å². The minimum Gasteiger partial charge on any atom is -0.460 e. The van der Waals surface area contributed by atoms with Gasteiger partial charge in [0.15, 0.2) is 36.7 Å². The predicted molar refractivity (Wildman–Crippen MR) is 351 cm³/mol. The van der Waals surface area contributed by atoms with E-state index in [0.29, 0.717) is 12.3 Å². The summed E-state index contributed by atoms with van der Waals surface area (Å²) in [6.45, 7) is 20.5. The van der Waals surface area contributed by atoms with Crippen LogP contribution in [-0.2, 0) is 63.5 Å². The van der Waals surface area contributed by atoms with E-state index in [1.807, 2.05) is 44.2 Å². The maximum atomic E-state index is 14.8. The number of carbonyl (C=O) groups excluding carboxylic acids is 5. The van der Waals surface area contributed by atoms with Gasteiger partial charge in [0.25, 0.3) is 0 Å². The molecule has 0 aromatic heterocycles. The maximum absolute atomic E-state index is 14.8. The summed E-state index contributed by atoms with van der Waals surface area (Å²) >= 11 is 0. The lowest BCUT2D eigenvalue weighted by Crippen LogP contribution is -2.66. The largest absolute Gasteiger partial charge is 0.460 e. The lowest BCUT2D eigenvalue weighted by molar-refractivity contribution is -0.359. The van der Waals surface area contributed by atoms with E-state index in [0.717, 1.165) is 63.4 Å². The van der Waals surface area contributed by atoms with Gasteiger partial charge in [-0.2, -0.15) is 0 Å². The minimum absolute atomic E-state index is 0.0405. The van der Waals surface area contributed by atoms with Gasteiger partial charge in [-0.15, -0.1) is 0 Å². The summed E-state index contributed by atoms with van der Waals surface area (Å²) < 4.78 is 73.6. The van der Waals surface area contributed by atoms with Crippen molar-refractivity contribution in [2.45, 2.75) is 200 Å². The summed E-state index contributed by atoms with van der Waals surface area (Å²) in [4.78, 5) is 72.4. The molecule has 504 valence electrons. The molecule has 0 amide bonds. The fraction of sp³-hybridized carbons (Fsp3) is 0.532. The Hall–Kier alpha value is -7.05. The molecule has 17 atom stereocenters. The van der Waals surface area contributed by atoms with E-state index >= 15 is 0 Å². The van der Waals surface area contributed by atoms with Crippen LogP contribution in [0.3, 0.4) is 0 Å². The van der Waals surface area contributed by atoms with E-state index in [1.54, 1.807) is 121 Å². The molecule has 5 aromatic rings. The standard InChI is InChI=1S/C79H92O16/c1-73(2)41-43-79(72(84)87-46-49-25-15-10-16-26-49)44-42-77(8)54(55(79)45-73)35-36-59-76(7)39-38-60(74(3,4)58(76)37-40-78(59,77)9)89-70-64(62-57(48-86-70)94-75(5,6)95-62)93-71-65(92-69(83)53-33-23-14-24-34-53)63(91-68(82)52-31-21-13-22-32-52)61(90-67(81)51-29-19-12-20-30-51)56(88-71)47-85-66(80)50-27-17-11-18-28-50/h10-35,55-65,70-71H,36-48H2,1-9H3/t55-,56+,57-,58-,59+,60-,61+,62-,63-,64+,65+,70-,71-,76-,77+,78+,79-/m0/s1. The van der Waals surface area contributed by atoms with E-state index in [-0.39, 0.29) is 81.0 Å². The number of carbonyl (C=O) groups is 5. The van der Waals surface area contributed by atoms with Crippen molar-refractivity contribution in [1.29, 1.82) is 0 Å². The van der Waals surface area contributed by atoms with E-state index in [1.165, 1.54) is 5.57 Å². The highest BCUT2D eigenvalue weighted by Crippen LogP contribution is 2.76. The van der Waals surface area contributed by atoms with E-state index in [4.69, 9.17) is 52.1 Å². The second-order valence-corrected chi connectivity index (χ2v) is 30.6. The summed E-state index contributed by atoms with van der Waals surface area (Å²) in [6, 6.07) is 43.2. The van der Waals surface area contributed by atoms with Gasteiger partial charge in [-0.25, -0.2) is 19.2 Å². The molecule has 0 spiro atoms. The normalized spacial score (nSPS) is 35.5. The van der Waals surface area contributed by atoms with Crippen molar-refractivity contribution in [2.75, 3.05) is 13.2 Å². The van der Waals surface area contributed by atoms with Gasteiger partial charge in [-0.05, 0) is 177 Å². The van der Waals surface area contributed by atoms with Gasteiger partial charge in [-0.3, -0.25) is 4.79 Å². The zero-order valence-corrected chi connectivity index (χ0v) is 56.2. The molecular weight excluding hydrogens is 1200 g/mol. The second-order valence-electron chi connectivity index (χ2n) is 30.6. The number of esters is 5. The summed E-state index contributed by atoms with van der Waals surface area (Å²) in [5.41, 5.74) is 2.04. The van der Waals surface area contributed by atoms with Crippen LogP contribution >= 0.6 is 0 Å². The molecule has 8 aliphatic rings. The van der Waals surface area contributed by atoms with Gasteiger partial charge in [0, 0.05) is 0 Å². The molecule has 0 N–H and O–H groups in total. The summed E-state index contributed by atoms with van der Waals surface area (Å²) in [6.07, 6.45) is -0.610. The Labute approximate surface area is 558 Å². The third kappa shape index (κ3) is 12.6. The minimum atomic E-state index is -1.68. The van der Waals surface area contributed by atoms with Gasteiger partial charge < -0.3 is 52.1 Å². The van der Waals surface area contributed by atoms with Crippen molar-refractivity contribution in [1.82, 2.24) is 0 Å². The lowest BCUT2D eigenvalue weighted by atomic mass is 9.33. The smallest absolute Gasteiger partial charge is 0.338 e. The number of benzene rings is 5. The third-order valence-corrected chi connectivity index (χ3v) is 23.8. The summed E-state index contributed by atoms with van der Waals surface area (Å²) in [7, 11) is 0. The van der Waals surface area contributed by atoms with Crippen LogP contribution in [0.2, 0.25) is 0 Å². The Bertz CT molecular complexity index is 3620. The predicted octanol–water partition coefficient (Wildman–Crippen LogP) is 14.4. The van der Waals surface area contributed by atoms with Crippen molar-refractivity contribution in [2.24, 2.45) is 50.2 Å². The Balaban J connectivity index is 0.821. The average molecular weight is 1300 g/mol. The van der Waals surface area contributed by atoms with Crippen molar-refractivity contribution in [3.05, 3.63) is 191 Å². The van der Waals surface area contributed by atoms with Crippen molar-refractivity contribution in [3.8, 4) is 0 Å². The number of hydrogen-bond donors (Lipinski definition) is 0. The van der Waals surface area contributed by atoms with Gasteiger partial charge in [-0.1, -0.05) is 163 Å². The van der Waals surface area contributed by atoms with Crippen LogP contribution in [0.25, 0.3) is 0 Å². The number of allylic oxidation sites excluding steroid dienone is 2. The zero-order valence-electron chi connectivity index (χ0n) is 56.2. The summed E-state index contributed by atoms with van der Waals surface area (Å²) in [5.74, 6) is -3.66. The van der Waals surface area contributed by atoms with E-state index < -0.39 is 102 Å². The molecule has 3 aliphatic heterocycles. The molecule has 3 saturated heterocycles. The molecule has 5 aliphatic carbocycles. The average Bonchev–Trinajstić information content (AvgIpc) is 0.971. The molecule has 16 heteroatoms. The molecule has 13 rings (SSSR count). The van der Waals surface area contributed by atoms with Crippen LogP contribution in [0.4, 0.5) is 0 Å². The summed E-state index contributed by atoms with van der Waals surface area (Å²) in [5, 5.41) is 0. The number of fused-ring (bicyclic) bond motifs is 8. The number of ether oxygens (including phenoxy) is 11. The highest BCUT2D eigenvalue weighted by molar-refractivity contribution is 5.92. The van der Waals surface area contributed by atoms with Gasteiger partial charge in [0.2, 0.25) is 0 Å². The maximum Gasteiger partial charge on any atom is 0.338 e. The zero-order chi connectivity index (χ0) is 66.7. The topological polar surface area (TPSA) is 187 Å². The first-order chi connectivity index (χ1) is 45.4. The molecular formula is C79H92O16.